The summed E-state index contributed by atoms with van der Waals surface area (Å²) in [4.78, 5) is 0. The number of ether oxygens (including phenoxy) is 2. The molecule has 2 aromatic rings. The minimum atomic E-state index is -0.348. The summed E-state index contributed by atoms with van der Waals surface area (Å²) in [7, 11) is 1.66. The molecule has 0 amide bonds. The average molecular weight is 458 g/mol. The summed E-state index contributed by atoms with van der Waals surface area (Å²) in [6, 6.07) is 10.4. The molecule has 2 unspecified atom stereocenters. The van der Waals surface area contributed by atoms with Gasteiger partial charge < -0.3 is 14.8 Å². The maximum absolute atomic E-state index is 13.4. The van der Waals surface area contributed by atoms with Gasteiger partial charge in [-0.25, -0.2) is 4.39 Å². The molecule has 2 aromatic carbocycles. The fraction of sp³-hybridized carbons (Fsp3) is 0.556. The number of rotatable bonds is 7. The quantitative estimate of drug-likeness (QED) is 0.490. The highest BCUT2D eigenvalue weighted by molar-refractivity contribution is 6.31. The van der Waals surface area contributed by atoms with Crippen LogP contribution in [-0.4, -0.2) is 12.6 Å². The molecule has 4 fully saturated rings. The molecule has 0 spiro atoms. The Bertz CT molecular complexity index is 1010. The Morgan fingerprint density at radius 3 is 2.44 bits per heavy atom. The first-order valence-corrected chi connectivity index (χ1v) is 12.1. The molecule has 6 rings (SSSR count). The Morgan fingerprint density at radius 1 is 1.03 bits per heavy atom. The van der Waals surface area contributed by atoms with Gasteiger partial charge >= 0.3 is 0 Å². The molecule has 0 aromatic heterocycles. The van der Waals surface area contributed by atoms with E-state index in [9.17, 15) is 4.39 Å². The average Bonchev–Trinajstić information content (AvgIpc) is 2.69. The maximum Gasteiger partial charge on any atom is 0.166 e. The lowest BCUT2D eigenvalue weighted by Crippen LogP contribution is -2.63. The van der Waals surface area contributed by atoms with Crippen LogP contribution >= 0.6 is 11.6 Å². The second-order valence-electron chi connectivity index (χ2n) is 11.2. The highest BCUT2D eigenvalue weighted by atomic mass is 35.5. The van der Waals surface area contributed by atoms with Crippen molar-refractivity contribution < 1.29 is 13.9 Å². The minimum Gasteiger partial charge on any atom is -0.493 e. The Labute approximate surface area is 195 Å². The van der Waals surface area contributed by atoms with Crippen LogP contribution in [0, 0.1) is 22.6 Å². The van der Waals surface area contributed by atoms with Crippen LogP contribution in [0.1, 0.15) is 63.5 Å². The van der Waals surface area contributed by atoms with Gasteiger partial charge in [-0.05, 0) is 73.5 Å². The maximum atomic E-state index is 13.4. The summed E-state index contributed by atoms with van der Waals surface area (Å²) < 4.78 is 25.2. The lowest BCUT2D eigenvalue weighted by molar-refractivity contribution is -0.118. The molecule has 1 N–H and O–H groups in total. The zero-order valence-corrected chi connectivity index (χ0v) is 20.0. The Morgan fingerprint density at radius 2 is 1.78 bits per heavy atom. The first kappa shape index (κ1) is 22.0. The predicted octanol–water partition coefficient (Wildman–Crippen LogP) is 6.91. The molecule has 3 nitrogen and oxygen atoms in total. The third-order valence-electron chi connectivity index (χ3n) is 7.95. The number of para-hydroxylation sites is 1. The van der Waals surface area contributed by atoms with Gasteiger partial charge in [-0.2, -0.15) is 0 Å². The number of nitrogens with one attached hydrogen (secondary N) is 1. The van der Waals surface area contributed by atoms with Gasteiger partial charge in [0.15, 0.2) is 11.5 Å². The van der Waals surface area contributed by atoms with Gasteiger partial charge in [0, 0.05) is 23.2 Å². The van der Waals surface area contributed by atoms with E-state index in [2.05, 4.69) is 25.2 Å². The Balaban J connectivity index is 1.35. The van der Waals surface area contributed by atoms with Crippen LogP contribution in [0.25, 0.3) is 0 Å². The predicted molar refractivity (Wildman–Crippen MR) is 126 cm³/mol. The monoisotopic (exact) mass is 457 g/mol. The van der Waals surface area contributed by atoms with E-state index in [0.29, 0.717) is 21.6 Å². The highest BCUT2D eigenvalue weighted by Crippen LogP contribution is 2.66. The molecule has 32 heavy (non-hydrogen) atoms. The van der Waals surface area contributed by atoms with Gasteiger partial charge in [-0.15, -0.1) is 0 Å². The van der Waals surface area contributed by atoms with Crippen molar-refractivity contribution in [2.24, 2.45) is 16.7 Å². The summed E-state index contributed by atoms with van der Waals surface area (Å²) in [5.41, 5.74) is 2.97. The molecule has 0 saturated heterocycles. The van der Waals surface area contributed by atoms with Gasteiger partial charge in [0.2, 0.25) is 0 Å². The van der Waals surface area contributed by atoms with Crippen LogP contribution in [0.15, 0.2) is 36.4 Å². The van der Waals surface area contributed by atoms with Crippen LogP contribution in [0.3, 0.4) is 0 Å². The van der Waals surface area contributed by atoms with E-state index in [-0.39, 0.29) is 18.0 Å². The van der Waals surface area contributed by atoms with E-state index in [1.807, 2.05) is 12.1 Å². The van der Waals surface area contributed by atoms with Crippen LogP contribution in [0.4, 0.5) is 4.39 Å². The van der Waals surface area contributed by atoms with E-state index in [1.165, 1.54) is 50.7 Å². The fourth-order valence-electron chi connectivity index (χ4n) is 7.74. The lowest BCUT2D eigenvalue weighted by Gasteiger charge is -2.65. The second kappa shape index (κ2) is 7.92. The van der Waals surface area contributed by atoms with E-state index in [0.717, 1.165) is 29.3 Å². The third-order valence-corrected chi connectivity index (χ3v) is 8.30. The molecule has 4 saturated carbocycles. The molecular weight excluding hydrogens is 425 g/mol. The van der Waals surface area contributed by atoms with Crippen molar-refractivity contribution in [2.45, 2.75) is 71.1 Å². The minimum absolute atomic E-state index is 0.212. The molecule has 4 bridgehead atoms. The highest BCUT2D eigenvalue weighted by Gasteiger charge is 2.59. The summed E-state index contributed by atoms with van der Waals surface area (Å²) >= 11 is 6.21. The normalized spacial score (nSPS) is 32.8. The number of hydrogen-bond acceptors (Lipinski definition) is 3. The van der Waals surface area contributed by atoms with Crippen molar-refractivity contribution in [2.75, 3.05) is 7.11 Å². The van der Waals surface area contributed by atoms with E-state index >= 15 is 0 Å². The van der Waals surface area contributed by atoms with Gasteiger partial charge in [-0.1, -0.05) is 43.6 Å². The summed E-state index contributed by atoms with van der Waals surface area (Å²) in [6.45, 7) is 6.00. The molecule has 4 aliphatic rings. The summed E-state index contributed by atoms with van der Waals surface area (Å²) in [5.74, 6) is 1.92. The summed E-state index contributed by atoms with van der Waals surface area (Å²) in [5, 5.41) is 4.36. The van der Waals surface area contributed by atoms with E-state index in [1.54, 1.807) is 13.2 Å². The Kier molecular flexibility index (Phi) is 5.45. The molecule has 0 aliphatic heterocycles. The van der Waals surface area contributed by atoms with Crippen molar-refractivity contribution in [3.63, 3.8) is 0 Å². The Hall–Kier alpha value is -1.78. The van der Waals surface area contributed by atoms with Gasteiger partial charge in [0.05, 0.1) is 12.1 Å². The molecule has 0 radical (unpaired) electrons. The topological polar surface area (TPSA) is 30.5 Å². The van der Waals surface area contributed by atoms with Gasteiger partial charge in [-0.3, -0.25) is 0 Å². The smallest absolute Gasteiger partial charge is 0.166 e. The number of methoxy groups -OCH3 is 1. The van der Waals surface area contributed by atoms with Gasteiger partial charge in [0.25, 0.3) is 0 Å². The van der Waals surface area contributed by atoms with Crippen LogP contribution in [-0.2, 0) is 13.2 Å². The fourth-order valence-corrected chi connectivity index (χ4v) is 7.96. The van der Waals surface area contributed by atoms with Crippen LogP contribution in [0.5, 0.6) is 11.5 Å². The van der Waals surface area contributed by atoms with Crippen LogP contribution < -0.4 is 14.8 Å². The van der Waals surface area contributed by atoms with Crippen LogP contribution in [0.2, 0.25) is 5.02 Å². The van der Waals surface area contributed by atoms with Crippen molar-refractivity contribution in [3.8, 4) is 11.5 Å². The SMILES string of the molecule is COc1cccc(CNC23CC4CC(C)(CC(C)(C4)C2)C3)c1OCc1ccc(F)cc1Cl. The number of halogens is 2. The first-order chi connectivity index (χ1) is 15.2. The molecule has 0 heterocycles. The van der Waals surface area contributed by atoms with Gasteiger partial charge in [0.1, 0.15) is 12.4 Å². The molecule has 4 aliphatic carbocycles. The standard InChI is InChI=1S/C27H33ClFNO2/c1-25-10-18-11-26(2,15-25)17-27(12-18,16-25)30-13-19-5-4-6-23(31-3)24(19)32-14-20-7-8-21(29)9-22(20)28/h4-9,18,30H,10-17H2,1-3H3. The van der Waals surface area contributed by atoms with E-state index in [4.69, 9.17) is 21.1 Å². The van der Waals surface area contributed by atoms with E-state index < -0.39 is 0 Å². The van der Waals surface area contributed by atoms with Crippen molar-refractivity contribution in [1.29, 1.82) is 0 Å². The van der Waals surface area contributed by atoms with Crippen molar-refractivity contribution >= 4 is 11.6 Å². The van der Waals surface area contributed by atoms with Crippen molar-refractivity contribution in [3.05, 3.63) is 58.4 Å². The molecule has 172 valence electrons. The zero-order valence-electron chi connectivity index (χ0n) is 19.3. The molecule has 2 atom stereocenters. The number of benzene rings is 2. The lowest BCUT2D eigenvalue weighted by atomic mass is 9.43. The third kappa shape index (κ3) is 4.12. The second-order valence-corrected chi connectivity index (χ2v) is 11.6. The van der Waals surface area contributed by atoms with Crippen molar-refractivity contribution in [1.82, 2.24) is 5.32 Å². The molecular formula is C27H33ClFNO2. The zero-order chi connectivity index (χ0) is 22.6. The first-order valence-electron chi connectivity index (χ1n) is 11.7. The largest absolute Gasteiger partial charge is 0.493 e. The summed E-state index contributed by atoms with van der Waals surface area (Å²) in [6.07, 6.45) is 7.94. The number of hydrogen-bond donors (Lipinski definition) is 1. The molecule has 5 heteroatoms.